The van der Waals surface area contributed by atoms with Crippen molar-refractivity contribution in [1.29, 1.82) is 5.41 Å². The first-order valence-corrected chi connectivity index (χ1v) is 5.13. The molecule has 0 unspecified atom stereocenters. The van der Waals surface area contributed by atoms with Crippen LogP contribution in [0.4, 0.5) is 0 Å². The van der Waals surface area contributed by atoms with Gasteiger partial charge < -0.3 is 15.3 Å². The maximum Gasteiger partial charge on any atom is 0.122 e. The summed E-state index contributed by atoms with van der Waals surface area (Å²) in [6.07, 6.45) is 0. The lowest BCUT2D eigenvalue weighted by Gasteiger charge is -2.05. The van der Waals surface area contributed by atoms with E-state index in [1.807, 2.05) is 13.8 Å². The minimum absolute atomic E-state index is 0.0434. The molecule has 0 amide bonds. The zero-order valence-corrected chi connectivity index (χ0v) is 9.69. The molecule has 0 aliphatic carbocycles. The number of nitrogens with one attached hydrogen (secondary N) is 1. The Hall–Kier alpha value is -1.59. The summed E-state index contributed by atoms with van der Waals surface area (Å²) in [5, 5.41) is 7.17. The Morgan fingerprint density at radius 3 is 2.19 bits per heavy atom. The second-order valence-corrected chi connectivity index (χ2v) is 2.66. The average molecular weight is 225 g/mol. The normalized spacial score (nSPS) is 8.94. The zero-order chi connectivity index (χ0) is 12.4. The number of rotatable bonds is 5. The van der Waals surface area contributed by atoms with Crippen LogP contribution in [-0.4, -0.2) is 19.0 Å². The molecule has 0 spiro atoms. The van der Waals surface area contributed by atoms with E-state index in [9.17, 15) is 0 Å². The number of benzene rings is 1. The lowest BCUT2D eigenvalue weighted by molar-refractivity contribution is 0.102. The molecule has 0 bridgehead atoms. The molecule has 0 fully saturated rings. The lowest BCUT2D eigenvalue weighted by Crippen LogP contribution is -2.11. The molecule has 1 aromatic rings. The number of ether oxygens (including phenoxy) is 1. The third-order valence-electron chi connectivity index (χ3n) is 1.64. The molecular formula is C11H19N3O2. The standard InChI is InChI=1S/C9H13N3O2.C2H6/c10-9(11)7-1-3-8(4-2-7)13-5-6-14-12;1-2/h1-4H,5-6,12H2,(H3,10,11);1-2H3. The summed E-state index contributed by atoms with van der Waals surface area (Å²) in [5.41, 5.74) is 5.96. The molecule has 1 aromatic carbocycles. The van der Waals surface area contributed by atoms with Gasteiger partial charge in [0.25, 0.3) is 0 Å². The maximum absolute atomic E-state index is 7.17. The maximum atomic E-state index is 7.17. The van der Waals surface area contributed by atoms with Gasteiger partial charge in [0.05, 0.1) is 0 Å². The fourth-order valence-electron chi connectivity index (χ4n) is 0.938. The van der Waals surface area contributed by atoms with Crippen molar-refractivity contribution in [3.8, 4) is 5.75 Å². The van der Waals surface area contributed by atoms with Gasteiger partial charge in [0.2, 0.25) is 0 Å². The molecular weight excluding hydrogens is 206 g/mol. The third-order valence-corrected chi connectivity index (χ3v) is 1.64. The smallest absolute Gasteiger partial charge is 0.122 e. The van der Waals surface area contributed by atoms with Gasteiger partial charge in [-0.25, -0.2) is 5.90 Å². The molecule has 16 heavy (non-hydrogen) atoms. The van der Waals surface area contributed by atoms with Gasteiger partial charge in [-0.2, -0.15) is 0 Å². The van der Waals surface area contributed by atoms with Gasteiger partial charge in [-0.1, -0.05) is 13.8 Å². The monoisotopic (exact) mass is 225 g/mol. The van der Waals surface area contributed by atoms with Gasteiger partial charge in [0.1, 0.15) is 24.8 Å². The summed E-state index contributed by atoms with van der Waals surface area (Å²) in [7, 11) is 0. The molecule has 5 nitrogen and oxygen atoms in total. The van der Waals surface area contributed by atoms with E-state index in [0.29, 0.717) is 24.5 Å². The largest absolute Gasteiger partial charge is 0.491 e. The minimum Gasteiger partial charge on any atom is -0.491 e. The first kappa shape index (κ1) is 14.4. The Balaban J connectivity index is 0.00000106. The molecule has 90 valence electrons. The molecule has 0 radical (unpaired) electrons. The van der Waals surface area contributed by atoms with Crippen molar-refractivity contribution in [3.63, 3.8) is 0 Å². The highest BCUT2D eigenvalue weighted by molar-refractivity contribution is 5.94. The van der Waals surface area contributed by atoms with Crippen LogP contribution in [0, 0.1) is 5.41 Å². The topological polar surface area (TPSA) is 94.4 Å². The summed E-state index contributed by atoms with van der Waals surface area (Å²) < 4.78 is 5.26. The van der Waals surface area contributed by atoms with Crippen LogP contribution in [-0.2, 0) is 4.84 Å². The van der Waals surface area contributed by atoms with Gasteiger partial charge in [0.15, 0.2) is 0 Å². The van der Waals surface area contributed by atoms with Crippen LogP contribution >= 0.6 is 0 Å². The van der Waals surface area contributed by atoms with E-state index in [-0.39, 0.29) is 5.84 Å². The Morgan fingerprint density at radius 1 is 1.19 bits per heavy atom. The van der Waals surface area contributed by atoms with Crippen molar-refractivity contribution in [2.45, 2.75) is 13.8 Å². The quantitative estimate of drug-likeness (QED) is 0.304. The molecule has 0 aromatic heterocycles. The van der Waals surface area contributed by atoms with E-state index in [1.165, 1.54) is 0 Å². The number of nitrogen functional groups attached to an aromatic ring is 1. The third kappa shape index (κ3) is 5.33. The molecule has 5 N–H and O–H groups in total. The van der Waals surface area contributed by atoms with E-state index >= 15 is 0 Å². The first-order valence-electron chi connectivity index (χ1n) is 5.13. The van der Waals surface area contributed by atoms with Crippen LogP contribution < -0.4 is 16.4 Å². The molecule has 0 aliphatic heterocycles. The fourth-order valence-corrected chi connectivity index (χ4v) is 0.938. The molecule has 0 atom stereocenters. The second kappa shape index (κ2) is 8.70. The Bertz CT molecular complexity index is 299. The number of hydrogen-bond acceptors (Lipinski definition) is 4. The van der Waals surface area contributed by atoms with Gasteiger partial charge in [-0.15, -0.1) is 0 Å². The number of amidine groups is 1. The highest BCUT2D eigenvalue weighted by Crippen LogP contribution is 2.11. The van der Waals surface area contributed by atoms with E-state index < -0.39 is 0 Å². The predicted molar refractivity (Wildman–Crippen MR) is 64.4 cm³/mol. The van der Waals surface area contributed by atoms with Crippen LogP contribution in [0.15, 0.2) is 24.3 Å². The van der Waals surface area contributed by atoms with E-state index in [2.05, 4.69) is 4.84 Å². The van der Waals surface area contributed by atoms with E-state index in [1.54, 1.807) is 24.3 Å². The highest BCUT2D eigenvalue weighted by Gasteiger charge is 1.97. The molecule has 0 saturated heterocycles. The fraction of sp³-hybridized carbons (Fsp3) is 0.364. The van der Waals surface area contributed by atoms with Crippen molar-refractivity contribution in [2.24, 2.45) is 11.6 Å². The summed E-state index contributed by atoms with van der Waals surface area (Å²) in [5.74, 6) is 5.58. The summed E-state index contributed by atoms with van der Waals surface area (Å²) in [4.78, 5) is 4.35. The summed E-state index contributed by atoms with van der Waals surface area (Å²) >= 11 is 0. The second-order valence-electron chi connectivity index (χ2n) is 2.66. The van der Waals surface area contributed by atoms with Gasteiger partial charge >= 0.3 is 0 Å². The lowest BCUT2D eigenvalue weighted by atomic mass is 10.2. The number of hydrogen-bond donors (Lipinski definition) is 3. The minimum atomic E-state index is 0.0434. The molecule has 5 heteroatoms. The van der Waals surface area contributed by atoms with Gasteiger partial charge in [-0.3, -0.25) is 5.41 Å². The average Bonchev–Trinajstić information content (AvgIpc) is 2.33. The predicted octanol–water partition coefficient (Wildman–Crippen LogP) is 1.27. The van der Waals surface area contributed by atoms with Crippen LogP contribution in [0.2, 0.25) is 0 Å². The molecule has 0 heterocycles. The van der Waals surface area contributed by atoms with Crippen molar-refractivity contribution in [1.82, 2.24) is 0 Å². The van der Waals surface area contributed by atoms with Crippen LogP contribution in [0.25, 0.3) is 0 Å². The Kier molecular flexibility index (Phi) is 7.83. The number of nitrogens with two attached hydrogens (primary N) is 2. The molecule has 0 aliphatic rings. The Morgan fingerprint density at radius 2 is 1.75 bits per heavy atom. The first-order chi connectivity index (χ1) is 7.74. The van der Waals surface area contributed by atoms with E-state index in [4.69, 9.17) is 21.8 Å². The van der Waals surface area contributed by atoms with E-state index in [0.717, 1.165) is 0 Å². The summed E-state index contributed by atoms with van der Waals surface area (Å²) in [6.45, 7) is 4.74. The van der Waals surface area contributed by atoms with Gasteiger partial charge in [0, 0.05) is 5.56 Å². The Labute approximate surface area is 95.8 Å². The zero-order valence-electron chi connectivity index (χ0n) is 9.69. The van der Waals surface area contributed by atoms with Gasteiger partial charge in [-0.05, 0) is 24.3 Å². The van der Waals surface area contributed by atoms with Crippen molar-refractivity contribution in [3.05, 3.63) is 29.8 Å². The van der Waals surface area contributed by atoms with Crippen LogP contribution in [0.1, 0.15) is 19.4 Å². The molecule has 0 saturated carbocycles. The van der Waals surface area contributed by atoms with Crippen molar-refractivity contribution in [2.75, 3.05) is 13.2 Å². The van der Waals surface area contributed by atoms with Crippen LogP contribution in [0.3, 0.4) is 0 Å². The van der Waals surface area contributed by atoms with Crippen molar-refractivity contribution >= 4 is 5.84 Å². The molecule has 1 rings (SSSR count). The summed E-state index contributed by atoms with van der Waals surface area (Å²) in [6, 6.07) is 6.93. The highest BCUT2D eigenvalue weighted by atomic mass is 16.6. The SMILES string of the molecule is CC.N=C(N)c1ccc(OCCON)cc1. The van der Waals surface area contributed by atoms with Crippen LogP contribution in [0.5, 0.6) is 5.75 Å². The van der Waals surface area contributed by atoms with Crippen molar-refractivity contribution < 1.29 is 9.57 Å².